The summed E-state index contributed by atoms with van der Waals surface area (Å²) in [5, 5.41) is 2.73. The van der Waals surface area contributed by atoms with Gasteiger partial charge in [0.1, 0.15) is 0 Å². The predicted molar refractivity (Wildman–Crippen MR) is 90.1 cm³/mol. The Morgan fingerprint density at radius 3 is 2.70 bits per heavy atom. The van der Waals surface area contributed by atoms with Crippen LogP contribution in [0.25, 0.3) is 0 Å². The Kier molecular flexibility index (Phi) is 6.56. The second-order valence-electron chi connectivity index (χ2n) is 5.87. The number of nitrogens with zero attached hydrogens (tertiary/aromatic N) is 1. The van der Waals surface area contributed by atoms with Crippen LogP contribution in [0.5, 0.6) is 0 Å². The summed E-state index contributed by atoms with van der Waals surface area (Å²) < 4.78 is 28.3. The van der Waals surface area contributed by atoms with Crippen molar-refractivity contribution >= 4 is 16.1 Å². The van der Waals surface area contributed by atoms with Crippen molar-refractivity contribution in [2.24, 2.45) is 0 Å². The molecular formula is C16H25N3O3S. The van der Waals surface area contributed by atoms with Crippen LogP contribution in [0.15, 0.2) is 30.3 Å². The minimum absolute atomic E-state index is 0.0117. The Balaban J connectivity index is 1.73. The number of rotatable bonds is 7. The molecule has 0 saturated carbocycles. The average molecular weight is 339 g/mol. The van der Waals surface area contributed by atoms with Crippen LogP contribution in [0.1, 0.15) is 31.7 Å². The van der Waals surface area contributed by atoms with Crippen molar-refractivity contribution in [1.29, 1.82) is 0 Å². The van der Waals surface area contributed by atoms with Gasteiger partial charge in [-0.3, -0.25) is 4.79 Å². The van der Waals surface area contributed by atoms with Gasteiger partial charge in [-0.1, -0.05) is 36.8 Å². The van der Waals surface area contributed by atoms with Gasteiger partial charge in [0.25, 0.3) is 10.2 Å². The first-order valence-electron chi connectivity index (χ1n) is 8.06. The zero-order valence-corrected chi connectivity index (χ0v) is 14.3. The monoisotopic (exact) mass is 339 g/mol. The zero-order chi connectivity index (χ0) is 16.7. The first kappa shape index (κ1) is 17.9. The fourth-order valence-electron chi connectivity index (χ4n) is 2.72. The number of hydrogen-bond acceptors (Lipinski definition) is 3. The van der Waals surface area contributed by atoms with E-state index < -0.39 is 10.2 Å². The molecule has 0 aliphatic carbocycles. The van der Waals surface area contributed by atoms with Gasteiger partial charge in [0.15, 0.2) is 0 Å². The molecule has 1 aliphatic heterocycles. The molecule has 2 rings (SSSR count). The van der Waals surface area contributed by atoms with E-state index in [1.807, 2.05) is 37.3 Å². The van der Waals surface area contributed by atoms with Gasteiger partial charge in [0.2, 0.25) is 5.91 Å². The number of hydrogen-bond donors (Lipinski definition) is 2. The van der Waals surface area contributed by atoms with Gasteiger partial charge in [-0.2, -0.15) is 17.4 Å². The second kappa shape index (κ2) is 8.42. The van der Waals surface area contributed by atoms with Crippen molar-refractivity contribution in [3.63, 3.8) is 0 Å². The Morgan fingerprint density at radius 2 is 2.00 bits per heavy atom. The highest BCUT2D eigenvalue weighted by Gasteiger charge is 2.29. The van der Waals surface area contributed by atoms with Crippen molar-refractivity contribution in [2.75, 3.05) is 19.6 Å². The molecular weight excluding hydrogens is 314 g/mol. The van der Waals surface area contributed by atoms with Gasteiger partial charge in [0.05, 0.1) is 6.54 Å². The molecule has 128 valence electrons. The summed E-state index contributed by atoms with van der Waals surface area (Å²) in [5.41, 5.74) is 1.13. The molecule has 6 nitrogen and oxygen atoms in total. The maximum atomic E-state index is 12.2. The van der Waals surface area contributed by atoms with E-state index in [2.05, 4.69) is 10.0 Å². The molecule has 1 saturated heterocycles. The lowest BCUT2D eigenvalue weighted by molar-refractivity contribution is -0.119. The molecule has 7 heteroatoms. The number of amides is 1. The molecule has 1 amide bonds. The SMILES string of the molecule is C[C@H]1CCCCN1S(=O)(=O)NCC(=O)NCCc1ccccc1. The molecule has 1 aliphatic rings. The van der Waals surface area contributed by atoms with Crippen LogP contribution in [0.2, 0.25) is 0 Å². The third kappa shape index (κ3) is 5.60. The topological polar surface area (TPSA) is 78.5 Å². The zero-order valence-electron chi connectivity index (χ0n) is 13.5. The Hall–Kier alpha value is -1.44. The fraction of sp³-hybridized carbons (Fsp3) is 0.562. The summed E-state index contributed by atoms with van der Waals surface area (Å²) in [6, 6.07) is 9.82. The maximum Gasteiger partial charge on any atom is 0.280 e. The highest BCUT2D eigenvalue weighted by Crippen LogP contribution is 2.18. The summed E-state index contributed by atoms with van der Waals surface area (Å²) in [6.45, 7) is 2.69. The predicted octanol–water partition coefficient (Wildman–Crippen LogP) is 1.05. The van der Waals surface area contributed by atoms with Crippen molar-refractivity contribution < 1.29 is 13.2 Å². The van der Waals surface area contributed by atoms with Gasteiger partial charge in [-0.15, -0.1) is 0 Å². The Labute approximate surface area is 138 Å². The van der Waals surface area contributed by atoms with Crippen LogP contribution in [0.4, 0.5) is 0 Å². The van der Waals surface area contributed by atoms with E-state index in [9.17, 15) is 13.2 Å². The van der Waals surface area contributed by atoms with Gasteiger partial charge in [-0.05, 0) is 31.7 Å². The molecule has 0 aromatic heterocycles. The molecule has 1 aromatic carbocycles. The summed E-state index contributed by atoms with van der Waals surface area (Å²) in [7, 11) is -3.58. The van der Waals surface area contributed by atoms with E-state index in [1.165, 1.54) is 4.31 Å². The molecule has 0 radical (unpaired) electrons. The summed E-state index contributed by atoms with van der Waals surface area (Å²) in [6.07, 6.45) is 3.51. The summed E-state index contributed by atoms with van der Waals surface area (Å²) in [5.74, 6) is -0.311. The van der Waals surface area contributed by atoms with Crippen LogP contribution < -0.4 is 10.0 Å². The van der Waals surface area contributed by atoms with Crippen molar-refractivity contribution in [3.8, 4) is 0 Å². The quantitative estimate of drug-likeness (QED) is 0.779. The van der Waals surface area contributed by atoms with E-state index >= 15 is 0 Å². The molecule has 1 aromatic rings. The number of piperidine rings is 1. The second-order valence-corrected chi connectivity index (χ2v) is 7.58. The van der Waals surface area contributed by atoms with Gasteiger partial charge < -0.3 is 5.32 Å². The highest BCUT2D eigenvalue weighted by atomic mass is 32.2. The summed E-state index contributed by atoms with van der Waals surface area (Å²) >= 11 is 0. The number of benzene rings is 1. The standard InChI is InChI=1S/C16H25N3O3S/c1-14-7-5-6-12-19(14)23(21,22)18-13-16(20)17-11-10-15-8-3-2-4-9-15/h2-4,8-9,14,18H,5-7,10-13H2,1H3,(H,17,20)/t14-/m0/s1. The van der Waals surface area contributed by atoms with Crippen molar-refractivity contribution in [1.82, 2.24) is 14.3 Å². The van der Waals surface area contributed by atoms with Crippen LogP contribution >= 0.6 is 0 Å². The number of nitrogens with one attached hydrogen (secondary N) is 2. The lowest BCUT2D eigenvalue weighted by Gasteiger charge is -2.32. The number of carbonyl (C=O) groups excluding carboxylic acids is 1. The largest absolute Gasteiger partial charge is 0.355 e. The molecule has 23 heavy (non-hydrogen) atoms. The molecule has 0 bridgehead atoms. The Morgan fingerprint density at radius 1 is 1.26 bits per heavy atom. The van der Waals surface area contributed by atoms with Gasteiger partial charge >= 0.3 is 0 Å². The van der Waals surface area contributed by atoms with E-state index in [0.717, 1.165) is 31.2 Å². The average Bonchev–Trinajstić information content (AvgIpc) is 2.54. The maximum absolute atomic E-state index is 12.2. The van der Waals surface area contributed by atoms with Crippen molar-refractivity contribution in [2.45, 2.75) is 38.6 Å². The molecule has 0 spiro atoms. The van der Waals surface area contributed by atoms with Crippen LogP contribution in [0.3, 0.4) is 0 Å². The lowest BCUT2D eigenvalue weighted by atomic mass is 10.1. The van der Waals surface area contributed by atoms with Crippen LogP contribution in [-0.2, 0) is 21.4 Å². The van der Waals surface area contributed by atoms with Crippen LogP contribution in [-0.4, -0.2) is 44.3 Å². The van der Waals surface area contributed by atoms with Crippen molar-refractivity contribution in [3.05, 3.63) is 35.9 Å². The van der Waals surface area contributed by atoms with E-state index in [-0.39, 0.29) is 18.5 Å². The molecule has 1 fully saturated rings. The van der Waals surface area contributed by atoms with Crippen LogP contribution in [0, 0.1) is 0 Å². The van der Waals surface area contributed by atoms with E-state index in [0.29, 0.717) is 13.1 Å². The summed E-state index contributed by atoms with van der Waals surface area (Å²) in [4.78, 5) is 11.8. The number of carbonyl (C=O) groups is 1. The normalized spacial score (nSPS) is 19.4. The molecule has 1 heterocycles. The minimum atomic E-state index is -3.58. The van der Waals surface area contributed by atoms with E-state index in [4.69, 9.17) is 0 Å². The molecule has 2 N–H and O–H groups in total. The Bertz CT molecular complexity index is 604. The van der Waals surface area contributed by atoms with Gasteiger partial charge in [0, 0.05) is 19.1 Å². The smallest absolute Gasteiger partial charge is 0.280 e. The first-order chi connectivity index (χ1) is 11.0. The third-order valence-electron chi connectivity index (χ3n) is 4.04. The third-order valence-corrected chi connectivity index (χ3v) is 5.71. The first-order valence-corrected chi connectivity index (χ1v) is 9.50. The molecule has 0 unspecified atom stereocenters. The van der Waals surface area contributed by atoms with Gasteiger partial charge in [-0.25, -0.2) is 0 Å². The van der Waals surface area contributed by atoms with E-state index in [1.54, 1.807) is 0 Å². The highest BCUT2D eigenvalue weighted by molar-refractivity contribution is 7.87. The minimum Gasteiger partial charge on any atom is -0.355 e. The molecule has 1 atom stereocenters. The fourth-order valence-corrected chi connectivity index (χ4v) is 4.15. The lowest BCUT2D eigenvalue weighted by Crippen LogP contribution is -2.50.